The quantitative estimate of drug-likeness (QED) is 0.578. The zero-order valence-electron chi connectivity index (χ0n) is 15.3. The van der Waals surface area contributed by atoms with Crippen molar-refractivity contribution >= 4 is 17.7 Å². The molecule has 4 nitrogen and oxygen atoms in total. The molecule has 4 heteroatoms. The van der Waals surface area contributed by atoms with Crippen molar-refractivity contribution in [1.82, 2.24) is 4.90 Å². The van der Waals surface area contributed by atoms with E-state index in [1.165, 1.54) is 0 Å². The van der Waals surface area contributed by atoms with Crippen LogP contribution in [0.15, 0.2) is 36.4 Å². The van der Waals surface area contributed by atoms with Crippen molar-refractivity contribution in [1.29, 1.82) is 0 Å². The Kier molecular flexibility index (Phi) is 3.03. The van der Waals surface area contributed by atoms with Crippen LogP contribution in [0.3, 0.4) is 0 Å². The van der Waals surface area contributed by atoms with Crippen molar-refractivity contribution in [2.24, 2.45) is 35.5 Å². The van der Waals surface area contributed by atoms with E-state index in [9.17, 15) is 14.4 Å². The molecule has 2 bridgehead atoms. The number of carbonyl (C=O) groups is 3. The summed E-state index contributed by atoms with van der Waals surface area (Å²) in [4.78, 5) is 39.9. The van der Waals surface area contributed by atoms with E-state index in [0.29, 0.717) is 17.4 Å². The Morgan fingerprint density at radius 1 is 0.923 bits per heavy atom. The Morgan fingerprint density at radius 2 is 1.42 bits per heavy atom. The number of carbonyl (C=O) groups excluding carboxylic acids is 3. The van der Waals surface area contributed by atoms with Gasteiger partial charge in [0, 0.05) is 5.56 Å². The average molecular weight is 349 g/mol. The van der Waals surface area contributed by atoms with Crippen LogP contribution in [0, 0.1) is 35.5 Å². The summed E-state index contributed by atoms with van der Waals surface area (Å²) in [5.74, 6) is -0.293. The van der Waals surface area contributed by atoms with Gasteiger partial charge in [0.25, 0.3) is 5.91 Å². The third kappa shape index (κ3) is 1.99. The molecular weight excluding hydrogens is 326 g/mol. The maximum Gasteiger partial charge on any atom is 0.267 e. The molecule has 0 aromatic heterocycles. The topological polar surface area (TPSA) is 54.5 Å². The van der Waals surface area contributed by atoms with Gasteiger partial charge in [-0.3, -0.25) is 14.4 Å². The molecule has 1 heterocycles. The van der Waals surface area contributed by atoms with E-state index in [-0.39, 0.29) is 40.9 Å². The van der Waals surface area contributed by atoms with Crippen molar-refractivity contribution in [3.8, 4) is 0 Å². The third-order valence-electron chi connectivity index (χ3n) is 6.86. The minimum Gasteiger partial charge on any atom is -0.274 e. The molecule has 6 atom stereocenters. The summed E-state index contributed by atoms with van der Waals surface area (Å²) in [7, 11) is 0. The molecule has 0 N–H and O–H groups in total. The Labute approximate surface area is 153 Å². The normalized spacial score (nSPS) is 37.0. The van der Waals surface area contributed by atoms with Crippen LogP contribution in [0.4, 0.5) is 0 Å². The molecule has 5 aliphatic rings. The van der Waals surface area contributed by atoms with E-state index in [0.717, 1.165) is 16.9 Å². The van der Waals surface area contributed by atoms with Gasteiger partial charge < -0.3 is 0 Å². The lowest BCUT2D eigenvalue weighted by Crippen LogP contribution is -2.40. The molecule has 134 valence electrons. The molecule has 0 spiro atoms. The van der Waals surface area contributed by atoms with Crippen molar-refractivity contribution in [2.75, 3.05) is 0 Å². The van der Waals surface area contributed by atoms with Gasteiger partial charge in [0.2, 0.25) is 11.8 Å². The van der Waals surface area contributed by atoms with E-state index >= 15 is 0 Å². The fourth-order valence-corrected chi connectivity index (χ4v) is 5.40. The lowest BCUT2D eigenvalue weighted by atomic mass is 9.63. The molecule has 0 radical (unpaired) electrons. The molecule has 0 unspecified atom stereocenters. The summed E-state index contributed by atoms with van der Waals surface area (Å²) in [5.41, 5.74) is 1.51. The van der Waals surface area contributed by atoms with Gasteiger partial charge in [-0.1, -0.05) is 45.1 Å². The van der Waals surface area contributed by atoms with Crippen LogP contribution >= 0.6 is 0 Å². The highest BCUT2D eigenvalue weighted by Gasteiger charge is 2.67. The molecule has 2 saturated carbocycles. The number of nitrogens with zero attached hydrogens (tertiary/aromatic N) is 1. The minimum atomic E-state index is -0.470. The summed E-state index contributed by atoms with van der Waals surface area (Å²) in [6.07, 6.45) is 5.37. The molecule has 1 aromatic rings. The Hall–Kier alpha value is -2.23. The van der Waals surface area contributed by atoms with Gasteiger partial charge in [-0.05, 0) is 53.2 Å². The van der Waals surface area contributed by atoms with Gasteiger partial charge in [0.05, 0.1) is 11.8 Å². The number of hydrogen-bond acceptors (Lipinski definition) is 3. The SMILES string of the molecule is CC(C)(C)c1ccc(C(=O)N2C(=O)[C@@H]3[C@H]4C=C[C@@H]([C@@H]5C[C@@H]45)[C@H]3C2=O)cc1. The van der Waals surface area contributed by atoms with Crippen molar-refractivity contribution in [3.63, 3.8) is 0 Å². The third-order valence-corrected chi connectivity index (χ3v) is 6.86. The molecule has 1 aliphatic heterocycles. The van der Waals surface area contributed by atoms with Crippen LogP contribution in [0.1, 0.15) is 43.1 Å². The highest BCUT2D eigenvalue weighted by Crippen LogP contribution is 2.65. The maximum atomic E-state index is 13.0. The molecule has 1 aromatic carbocycles. The Balaban J connectivity index is 1.45. The first kappa shape index (κ1) is 16.0. The molecule has 4 aliphatic carbocycles. The second kappa shape index (κ2) is 4.93. The summed E-state index contributed by atoms with van der Waals surface area (Å²) in [6, 6.07) is 7.28. The van der Waals surface area contributed by atoms with E-state index in [2.05, 4.69) is 32.9 Å². The monoisotopic (exact) mass is 349 g/mol. The number of amides is 3. The summed E-state index contributed by atoms with van der Waals surface area (Å²) in [6.45, 7) is 6.32. The zero-order valence-corrected chi connectivity index (χ0v) is 15.3. The number of allylic oxidation sites excluding steroid dienone is 2. The number of benzene rings is 1. The van der Waals surface area contributed by atoms with Gasteiger partial charge in [0.1, 0.15) is 0 Å². The Bertz CT molecular complexity index is 824. The number of hydrogen-bond donors (Lipinski definition) is 0. The van der Waals surface area contributed by atoms with Crippen LogP contribution in [0.2, 0.25) is 0 Å². The molecule has 3 fully saturated rings. The minimum absolute atomic E-state index is 0.0122. The highest BCUT2D eigenvalue weighted by molar-refractivity contribution is 6.21. The molecule has 26 heavy (non-hydrogen) atoms. The maximum absolute atomic E-state index is 13.0. The number of likely N-dealkylation sites (tertiary alicyclic amines) is 1. The number of rotatable bonds is 1. The standard InChI is InChI=1S/C22H23NO3/c1-22(2,3)12-6-4-11(5-7-12)19(24)23-20(25)17-13-8-9-14(16-10-15(13)16)18(17)21(23)26/h4-9,13-18H,10H2,1-3H3/t13-,14-,15-,16-,17+,18+/m0/s1. The number of imide groups is 3. The first-order valence-electron chi connectivity index (χ1n) is 9.50. The van der Waals surface area contributed by atoms with E-state index in [1.54, 1.807) is 12.1 Å². The lowest BCUT2D eigenvalue weighted by Gasteiger charge is -2.37. The molecule has 6 rings (SSSR count). The van der Waals surface area contributed by atoms with E-state index < -0.39 is 5.91 Å². The average Bonchev–Trinajstić information content (AvgIpc) is 3.38. The largest absolute Gasteiger partial charge is 0.274 e. The van der Waals surface area contributed by atoms with Crippen molar-refractivity contribution in [3.05, 3.63) is 47.5 Å². The van der Waals surface area contributed by atoms with E-state index in [1.807, 2.05) is 12.1 Å². The zero-order chi connectivity index (χ0) is 18.4. The first-order chi connectivity index (χ1) is 12.3. The lowest BCUT2D eigenvalue weighted by molar-refractivity contribution is -0.136. The van der Waals surface area contributed by atoms with Gasteiger partial charge in [0.15, 0.2) is 0 Å². The fourth-order valence-electron chi connectivity index (χ4n) is 5.40. The highest BCUT2D eigenvalue weighted by atomic mass is 16.2. The van der Waals surface area contributed by atoms with Crippen LogP contribution in [0.25, 0.3) is 0 Å². The van der Waals surface area contributed by atoms with Gasteiger partial charge in [-0.25, -0.2) is 4.90 Å². The van der Waals surface area contributed by atoms with E-state index in [4.69, 9.17) is 0 Å². The summed E-state index contributed by atoms with van der Waals surface area (Å²) >= 11 is 0. The second-order valence-corrected chi connectivity index (χ2v) is 9.30. The summed E-state index contributed by atoms with van der Waals surface area (Å²) < 4.78 is 0. The van der Waals surface area contributed by atoms with Gasteiger partial charge in [-0.2, -0.15) is 0 Å². The van der Waals surface area contributed by atoms with Crippen molar-refractivity contribution < 1.29 is 14.4 Å². The predicted molar refractivity (Wildman–Crippen MR) is 96.0 cm³/mol. The van der Waals surface area contributed by atoms with Gasteiger partial charge in [-0.15, -0.1) is 0 Å². The smallest absolute Gasteiger partial charge is 0.267 e. The van der Waals surface area contributed by atoms with Crippen LogP contribution < -0.4 is 0 Å². The Morgan fingerprint density at radius 3 is 1.88 bits per heavy atom. The van der Waals surface area contributed by atoms with Crippen LogP contribution in [-0.4, -0.2) is 22.6 Å². The molecule has 1 saturated heterocycles. The van der Waals surface area contributed by atoms with Crippen LogP contribution in [0.5, 0.6) is 0 Å². The second-order valence-electron chi connectivity index (χ2n) is 9.30. The predicted octanol–water partition coefficient (Wildman–Crippen LogP) is 3.18. The van der Waals surface area contributed by atoms with Crippen LogP contribution in [-0.2, 0) is 15.0 Å². The summed E-state index contributed by atoms with van der Waals surface area (Å²) in [5, 5.41) is 0. The fraction of sp³-hybridized carbons (Fsp3) is 0.500. The first-order valence-corrected chi connectivity index (χ1v) is 9.50. The van der Waals surface area contributed by atoms with Gasteiger partial charge >= 0.3 is 0 Å². The van der Waals surface area contributed by atoms with Crippen molar-refractivity contribution in [2.45, 2.75) is 32.6 Å². The molecular formula is C22H23NO3. The molecule has 3 amide bonds.